The molecule has 6 nitrogen and oxygen atoms in total. The zero-order chi connectivity index (χ0) is 25.2. The second kappa shape index (κ2) is 9.88. The molecule has 1 atom stereocenters. The molecule has 0 aliphatic rings. The summed E-state index contributed by atoms with van der Waals surface area (Å²) in [7, 11) is -3.41. The number of alkyl halides is 3. The monoisotopic (exact) mass is 498 g/mol. The highest BCUT2D eigenvalue weighted by atomic mass is 32.2. The van der Waals surface area contributed by atoms with E-state index in [9.17, 15) is 30.8 Å². The molecule has 3 rings (SSSR count). The van der Waals surface area contributed by atoms with E-state index in [4.69, 9.17) is 0 Å². The van der Waals surface area contributed by atoms with Gasteiger partial charge in [0.1, 0.15) is 12.0 Å². The molecular weight excluding hydrogens is 476 g/mol. The van der Waals surface area contributed by atoms with Crippen molar-refractivity contribution in [3.8, 4) is 11.4 Å². The third-order valence-electron chi connectivity index (χ3n) is 4.98. The van der Waals surface area contributed by atoms with E-state index in [1.54, 1.807) is 0 Å². The maximum absolute atomic E-state index is 13.9. The van der Waals surface area contributed by atoms with Gasteiger partial charge in [0.2, 0.25) is 0 Å². The Morgan fingerprint density at radius 1 is 1.09 bits per heavy atom. The zero-order valence-electron chi connectivity index (χ0n) is 18.5. The van der Waals surface area contributed by atoms with Crippen LogP contribution in [-0.2, 0) is 16.3 Å². The van der Waals surface area contributed by atoms with Crippen LogP contribution in [0.25, 0.3) is 5.69 Å². The molecule has 34 heavy (non-hydrogen) atoms. The smallest absolute Gasteiger partial charge is 0.387 e. The third-order valence-corrected chi connectivity index (χ3v) is 6.11. The lowest BCUT2D eigenvalue weighted by molar-refractivity contribution is -0.0500. The van der Waals surface area contributed by atoms with Crippen molar-refractivity contribution < 1.29 is 35.5 Å². The Hall–Kier alpha value is -3.34. The van der Waals surface area contributed by atoms with Crippen LogP contribution in [0.3, 0.4) is 0 Å². The van der Waals surface area contributed by atoms with E-state index < -0.39 is 40.1 Å². The summed E-state index contributed by atoms with van der Waals surface area (Å²) in [6.07, 6.45) is -0.420. The van der Waals surface area contributed by atoms with E-state index >= 15 is 0 Å². The van der Waals surface area contributed by atoms with Crippen LogP contribution in [0.15, 0.2) is 53.4 Å². The Labute approximate surface area is 194 Å². The molecule has 1 N–H and O–H groups in total. The predicted molar refractivity (Wildman–Crippen MR) is 119 cm³/mol. The molecule has 0 unspecified atom stereocenters. The number of benzene rings is 2. The van der Waals surface area contributed by atoms with Crippen molar-refractivity contribution >= 4 is 21.4 Å². The molecule has 0 spiro atoms. The predicted octanol–water partition coefficient (Wildman–Crippen LogP) is 5.08. The molecule has 0 radical (unpaired) electrons. The molecule has 0 saturated carbocycles. The summed E-state index contributed by atoms with van der Waals surface area (Å²) < 4.78 is 82.5. The fourth-order valence-corrected chi connectivity index (χ4v) is 4.15. The number of amides is 1. The summed E-state index contributed by atoms with van der Waals surface area (Å²) >= 11 is 0. The van der Waals surface area contributed by atoms with Crippen LogP contribution in [0.1, 0.15) is 28.7 Å². The van der Waals surface area contributed by atoms with Crippen molar-refractivity contribution in [1.82, 2.24) is 4.57 Å². The second-order valence-electron chi connectivity index (χ2n) is 7.70. The summed E-state index contributed by atoms with van der Waals surface area (Å²) in [6.45, 7) is -0.391. The van der Waals surface area contributed by atoms with E-state index in [1.165, 1.54) is 54.8 Å². The molecule has 3 aromatic rings. The molecule has 0 fully saturated rings. The fourth-order valence-electron chi connectivity index (χ4n) is 3.52. The quantitative estimate of drug-likeness (QED) is 0.440. The summed E-state index contributed by atoms with van der Waals surface area (Å²) in [5, 5.41) is 2.63. The van der Waals surface area contributed by atoms with E-state index in [1.807, 2.05) is 0 Å². The van der Waals surface area contributed by atoms with Crippen LogP contribution in [0.2, 0.25) is 0 Å². The highest BCUT2D eigenvalue weighted by Crippen LogP contribution is 2.31. The van der Waals surface area contributed by atoms with Gasteiger partial charge in [-0.05, 0) is 56.3 Å². The first kappa shape index (κ1) is 25.3. The number of anilines is 1. The Balaban J connectivity index is 2.03. The van der Waals surface area contributed by atoms with E-state index in [-0.39, 0.29) is 34.0 Å². The number of ether oxygens (including phenoxy) is 1. The van der Waals surface area contributed by atoms with Crippen LogP contribution in [0.4, 0.5) is 23.2 Å². The lowest BCUT2D eigenvalue weighted by atomic mass is 10.2. The maximum Gasteiger partial charge on any atom is 0.387 e. The molecule has 0 aliphatic heterocycles. The van der Waals surface area contributed by atoms with E-state index in [2.05, 4.69) is 10.1 Å². The van der Waals surface area contributed by atoms with E-state index in [0.29, 0.717) is 5.69 Å². The van der Waals surface area contributed by atoms with Gasteiger partial charge in [0.15, 0.2) is 15.6 Å². The summed E-state index contributed by atoms with van der Waals surface area (Å²) in [5.74, 6) is -1.86. The number of nitrogens with one attached hydrogen (secondary N) is 1. The van der Waals surface area contributed by atoms with Gasteiger partial charge in [0, 0.05) is 35.8 Å². The maximum atomic E-state index is 13.9. The third kappa shape index (κ3) is 5.77. The van der Waals surface area contributed by atoms with E-state index in [0.717, 1.165) is 18.4 Å². The standard InChI is InChI=1S/C23H22F4N2O4S/c1-13(24)10-17-12-19(22(30)28-16-5-7-18(8-6-16)34(3,31)32)14(2)29(17)20-9-4-15(25)11-21(20)33-23(26)27/h4-9,11-13,23H,10H2,1-3H3,(H,28,30)/t13-/m0/s1. The number of nitrogens with zero attached hydrogens (tertiary/aromatic N) is 1. The molecule has 0 aliphatic carbocycles. The van der Waals surface area contributed by atoms with Gasteiger partial charge in [0.05, 0.1) is 16.1 Å². The van der Waals surface area contributed by atoms with Gasteiger partial charge in [-0.2, -0.15) is 8.78 Å². The fraction of sp³-hybridized carbons (Fsp3) is 0.261. The first-order valence-electron chi connectivity index (χ1n) is 10.1. The van der Waals surface area contributed by atoms with Crippen molar-refractivity contribution in [2.45, 2.75) is 37.9 Å². The van der Waals surface area contributed by atoms with Gasteiger partial charge >= 0.3 is 6.61 Å². The minimum atomic E-state index is -3.41. The topological polar surface area (TPSA) is 77.4 Å². The number of carbonyl (C=O) groups is 1. The van der Waals surface area contributed by atoms with Crippen LogP contribution < -0.4 is 10.1 Å². The molecule has 0 saturated heterocycles. The number of halogens is 4. The average molecular weight is 498 g/mol. The summed E-state index contributed by atoms with van der Waals surface area (Å²) in [5.41, 5.74) is 1.03. The molecule has 1 amide bonds. The minimum Gasteiger partial charge on any atom is -0.432 e. The van der Waals surface area contributed by atoms with Crippen molar-refractivity contribution in [1.29, 1.82) is 0 Å². The second-order valence-corrected chi connectivity index (χ2v) is 9.71. The van der Waals surface area contributed by atoms with Gasteiger partial charge in [-0.15, -0.1) is 0 Å². The van der Waals surface area contributed by atoms with Gasteiger partial charge in [-0.25, -0.2) is 17.2 Å². The Kier molecular flexibility index (Phi) is 7.35. The van der Waals surface area contributed by atoms with Crippen molar-refractivity contribution in [3.05, 3.63) is 71.3 Å². The molecule has 1 heterocycles. The number of aromatic nitrogens is 1. The molecule has 11 heteroatoms. The molecule has 1 aromatic heterocycles. The van der Waals surface area contributed by atoms with Gasteiger partial charge in [0.25, 0.3) is 5.91 Å². The lowest BCUT2D eigenvalue weighted by Gasteiger charge is -2.17. The first-order chi connectivity index (χ1) is 15.9. The summed E-state index contributed by atoms with van der Waals surface area (Å²) in [4.78, 5) is 13.0. The molecule has 2 aromatic carbocycles. The number of hydrogen-bond acceptors (Lipinski definition) is 4. The van der Waals surface area contributed by atoms with Crippen LogP contribution in [0.5, 0.6) is 5.75 Å². The van der Waals surface area contributed by atoms with Gasteiger partial charge in [-0.1, -0.05) is 0 Å². The lowest BCUT2D eigenvalue weighted by Crippen LogP contribution is -2.14. The van der Waals surface area contributed by atoms with Crippen LogP contribution >= 0.6 is 0 Å². The largest absolute Gasteiger partial charge is 0.432 e. The van der Waals surface area contributed by atoms with Gasteiger partial charge < -0.3 is 14.6 Å². The Bertz CT molecular complexity index is 1300. The number of rotatable bonds is 8. The minimum absolute atomic E-state index is 0.0198. The molecule has 182 valence electrons. The number of hydrogen-bond donors (Lipinski definition) is 1. The van der Waals surface area contributed by atoms with Crippen molar-refractivity contribution in [3.63, 3.8) is 0 Å². The SMILES string of the molecule is Cc1c(C(=O)Nc2ccc(S(C)(=O)=O)cc2)cc(C[C@H](C)F)n1-c1ccc(F)cc1OC(F)F. The number of sulfone groups is 1. The zero-order valence-corrected chi connectivity index (χ0v) is 19.3. The van der Waals surface area contributed by atoms with Crippen LogP contribution in [0, 0.1) is 12.7 Å². The van der Waals surface area contributed by atoms with Crippen LogP contribution in [-0.4, -0.2) is 37.9 Å². The molecular formula is C23H22F4N2O4S. The highest BCUT2D eigenvalue weighted by molar-refractivity contribution is 7.90. The number of carbonyl (C=O) groups excluding carboxylic acids is 1. The van der Waals surface area contributed by atoms with Crippen molar-refractivity contribution in [2.24, 2.45) is 0 Å². The average Bonchev–Trinajstić information content (AvgIpc) is 3.03. The highest BCUT2D eigenvalue weighted by Gasteiger charge is 2.23. The summed E-state index contributed by atoms with van der Waals surface area (Å²) in [6, 6.07) is 9.96. The Morgan fingerprint density at radius 3 is 2.29 bits per heavy atom. The molecule has 0 bridgehead atoms. The normalized spacial score (nSPS) is 12.6. The first-order valence-corrected chi connectivity index (χ1v) is 12.0. The Morgan fingerprint density at radius 2 is 1.74 bits per heavy atom. The van der Waals surface area contributed by atoms with Gasteiger partial charge in [-0.3, -0.25) is 4.79 Å². The van der Waals surface area contributed by atoms with Crippen molar-refractivity contribution in [2.75, 3.05) is 11.6 Å².